The molecular formula is C26H32F3N5O. The highest BCUT2D eigenvalue weighted by Gasteiger charge is 2.37. The summed E-state index contributed by atoms with van der Waals surface area (Å²) in [6.45, 7) is 5.48. The second-order valence-corrected chi connectivity index (χ2v) is 9.76. The third kappa shape index (κ3) is 6.63. The van der Waals surface area contributed by atoms with Crippen molar-refractivity contribution in [2.45, 2.75) is 45.8 Å². The molecule has 3 aromatic rings. The number of benzene rings is 2. The van der Waals surface area contributed by atoms with E-state index >= 15 is 0 Å². The molecule has 0 aliphatic heterocycles. The Labute approximate surface area is 203 Å². The first kappa shape index (κ1) is 26.3. The zero-order valence-electron chi connectivity index (χ0n) is 20.2. The van der Waals surface area contributed by atoms with Crippen LogP contribution in [-0.2, 0) is 6.54 Å². The van der Waals surface area contributed by atoms with Crippen LogP contribution in [0.5, 0.6) is 0 Å². The number of alkyl halides is 1. The highest BCUT2D eigenvalue weighted by Crippen LogP contribution is 2.39. The first-order valence-electron chi connectivity index (χ1n) is 11.4. The summed E-state index contributed by atoms with van der Waals surface area (Å²) in [5, 5.41) is 0. The number of primary amides is 1. The molecule has 1 aromatic heterocycles. The Hall–Kier alpha value is -3.33. The molecular weight excluding hydrogens is 455 g/mol. The highest BCUT2D eigenvalue weighted by molar-refractivity contribution is 5.72. The van der Waals surface area contributed by atoms with Gasteiger partial charge in [-0.25, -0.2) is 22.9 Å². The van der Waals surface area contributed by atoms with Crippen LogP contribution >= 0.6 is 0 Å². The fraction of sp³-hybridized carbons (Fsp3) is 0.385. The lowest BCUT2D eigenvalue weighted by Crippen LogP contribution is -2.46. The number of nitrogens with two attached hydrogens (primary N) is 2. The van der Waals surface area contributed by atoms with Crippen LogP contribution < -0.4 is 11.5 Å². The number of halogens is 3. The maximum atomic E-state index is 14.0. The monoisotopic (exact) mass is 487 g/mol. The van der Waals surface area contributed by atoms with Gasteiger partial charge in [-0.3, -0.25) is 0 Å². The summed E-state index contributed by atoms with van der Waals surface area (Å²) in [5.41, 5.74) is 12.7. The zero-order chi connectivity index (χ0) is 25.8. The van der Waals surface area contributed by atoms with Gasteiger partial charge < -0.3 is 20.9 Å². The Bertz CT molecular complexity index is 1160. The number of amides is 2. The van der Waals surface area contributed by atoms with Crippen molar-refractivity contribution in [1.82, 2.24) is 14.5 Å². The van der Waals surface area contributed by atoms with Gasteiger partial charge in [0.05, 0.1) is 11.7 Å². The smallest absolute Gasteiger partial charge is 0.315 e. The summed E-state index contributed by atoms with van der Waals surface area (Å²) in [5.74, 6) is -0.287. The van der Waals surface area contributed by atoms with Crippen molar-refractivity contribution in [2.75, 3.05) is 13.2 Å². The van der Waals surface area contributed by atoms with Gasteiger partial charge >= 0.3 is 6.03 Å². The van der Waals surface area contributed by atoms with Gasteiger partial charge in [-0.2, -0.15) is 0 Å². The summed E-state index contributed by atoms with van der Waals surface area (Å²) < 4.78 is 42.7. The van der Waals surface area contributed by atoms with Crippen LogP contribution in [0.15, 0.2) is 54.7 Å². The molecule has 2 atom stereocenters. The lowest BCUT2D eigenvalue weighted by atomic mass is 9.84. The van der Waals surface area contributed by atoms with Gasteiger partial charge in [0.25, 0.3) is 0 Å². The quantitative estimate of drug-likeness (QED) is 0.444. The predicted molar refractivity (Wildman–Crippen MR) is 130 cm³/mol. The molecule has 0 saturated heterocycles. The molecule has 0 aliphatic rings. The van der Waals surface area contributed by atoms with Gasteiger partial charge in [0.15, 0.2) is 0 Å². The van der Waals surface area contributed by atoms with Crippen LogP contribution in [0.2, 0.25) is 0 Å². The number of urea groups is 1. The Kier molecular flexibility index (Phi) is 8.22. The van der Waals surface area contributed by atoms with Crippen LogP contribution in [0.4, 0.5) is 18.0 Å². The Morgan fingerprint density at radius 3 is 2.34 bits per heavy atom. The summed E-state index contributed by atoms with van der Waals surface area (Å²) in [6, 6.07) is 10.2. The van der Waals surface area contributed by atoms with Crippen molar-refractivity contribution >= 4 is 6.03 Å². The SMILES string of the molecule is CC(C)(C)[C@H](c1nc(-c2cccc(F)c2)cn1Cc1cccc(F)c1)N(CC[C@@H](N)CF)C(N)=O. The molecule has 1 heterocycles. The third-order valence-corrected chi connectivity index (χ3v) is 5.77. The van der Waals surface area contributed by atoms with Gasteiger partial charge in [-0.05, 0) is 41.7 Å². The van der Waals surface area contributed by atoms with E-state index in [2.05, 4.69) is 0 Å². The molecule has 3 rings (SSSR count). The Morgan fingerprint density at radius 2 is 1.77 bits per heavy atom. The van der Waals surface area contributed by atoms with Crippen molar-refractivity contribution in [3.05, 3.63) is 77.8 Å². The molecule has 2 amide bonds. The first-order chi connectivity index (χ1) is 16.5. The second-order valence-electron chi connectivity index (χ2n) is 9.76. The molecule has 0 spiro atoms. The lowest BCUT2D eigenvalue weighted by molar-refractivity contribution is 0.111. The summed E-state index contributed by atoms with van der Waals surface area (Å²) in [7, 11) is 0. The maximum Gasteiger partial charge on any atom is 0.315 e. The van der Waals surface area contributed by atoms with Crippen molar-refractivity contribution in [1.29, 1.82) is 0 Å². The van der Waals surface area contributed by atoms with Gasteiger partial charge in [-0.1, -0.05) is 45.0 Å². The average molecular weight is 488 g/mol. The molecule has 188 valence electrons. The van der Waals surface area contributed by atoms with E-state index in [9.17, 15) is 18.0 Å². The highest BCUT2D eigenvalue weighted by atomic mass is 19.1. The van der Waals surface area contributed by atoms with E-state index in [0.717, 1.165) is 0 Å². The molecule has 4 N–H and O–H groups in total. The van der Waals surface area contributed by atoms with E-state index in [4.69, 9.17) is 16.5 Å². The van der Waals surface area contributed by atoms with Crippen molar-refractivity contribution in [3.8, 4) is 11.3 Å². The van der Waals surface area contributed by atoms with Crippen molar-refractivity contribution < 1.29 is 18.0 Å². The van der Waals surface area contributed by atoms with Crippen molar-refractivity contribution in [2.24, 2.45) is 16.9 Å². The molecule has 2 aromatic carbocycles. The van der Waals surface area contributed by atoms with Crippen LogP contribution in [0, 0.1) is 17.0 Å². The Balaban J connectivity index is 2.14. The van der Waals surface area contributed by atoms with E-state index in [1.165, 1.54) is 29.2 Å². The van der Waals surface area contributed by atoms with E-state index < -0.39 is 36.0 Å². The largest absolute Gasteiger partial charge is 0.351 e. The average Bonchev–Trinajstić information content (AvgIpc) is 3.18. The maximum absolute atomic E-state index is 14.0. The molecule has 35 heavy (non-hydrogen) atoms. The molecule has 9 heteroatoms. The van der Waals surface area contributed by atoms with E-state index in [1.807, 2.05) is 25.3 Å². The lowest BCUT2D eigenvalue weighted by Gasteiger charge is -2.39. The summed E-state index contributed by atoms with van der Waals surface area (Å²) in [4.78, 5) is 18.8. The van der Waals surface area contributed by atoms with Crippen molar-refractivity contribution in [3.63, 3.8) is 0 Å². The number of rotatable bonds is 9. The Morgan fingerprint density at radius 1 is 1.11 bits per heavy atom. The summed E-state index contributed by atoms with van der Waals surface area (Å²) in [6.07, 6.45) is 1.97. The minimum Gasteiger partial charge on any atom is -0.351 e. The van der Waals surface area contributed by atoms with Gasteiger partial charge in [0, 0.05) is 30.9 Å². The van der Waals surface area contributed by atoms with Crippen LogP contribution in [-0.4, -0.2) is 39.7 Å². The topological polar surface area (TPSA) is 90.2 Å². The van der Waals surface area contributed by atoms with E-state index in [0.29, 0.717) is 22.6 Å². The fourth-order valence-electron chi connectivity index (χ4n) is 4.14. The number of carbonyl (C=O) groups is 1. The van der Waals surface area contributed by atoms with Gasteiger partial charge in [0.1, 0.15) is 24.1 Å². The number of carbonyl (C=O) groups excluding carboxylic acids is 1. The number of aromatic nitrogens is 2. The number of imidazole rings is 1. The van der Waals surface area contributed by atoms with Crippen LogP contribution in [0.1, 0.15) is 44.6 Å². The molecule has 0 fully saturated rings. The molecule has 0 saturated carbocycles. The molecule has 0 bridgehead atoms. The van der Waals surface area contributed by atoms with Gasteiger partial charge in [-0.15, -0.1) is 0 Å². The number of hydrogen-bond donors (Lipinski definition) is 2. The third-order valence-electron chi connectivity index (χ3n) is 5.77. The summed E-state index contributed by atoms with van der Waals surface area (Å²) >= 11 is 0. The van der Waals surface area contributed by atoms with Crippen LogP contribution in [0.25, 0.3) is 11.3 Å². The molecule has 0 radical (unpaired) electrons. The molecule has 6 nitrogen and oxygen atoms in total. The predicted octanol–water partition coefficient (Wildman–Crippen LogP) is 5.03. The van der Waals surface area contributed by atoms with E-state index in [-0.39, 0.29) is 25.3 Å². The standard InChI is InChI=1S/C26H32F3N5O/c1-26(2,3)23(34(25(31)35)11-10-21(30)14-27)24-32-22(18-7-5-9-20(29)13-18)16-33(24)15-17-6-4-8-19(28)12-17/h4-9,12-13,16,21,23H,10-11,14-15,30H2,1-3H3,(H2,31,35)/t21-,23+/m1/s1. The molecule has 0 aliphatic carbocycles. The normalized spacial score (nSPS) is 13.5. The fourth-order valence-corrected chi connectivity index (χ4v) is 4.14. The second kappa shape index (κ2) is 10.9. The first-order valence-corrected chi connectivity index (χ1v) is 11.4. The zero-order valence-corrected chi connectivity index (χ0v) is 20.2. The minimum atomic E-state index is -0.729. The minimum absolute atomic E-state index is 0.129. The van der Waals surface area contributed by atoms with Gasteiger partial charge in [0.2, 0.25) is 0 Å². The molecule has 0 unspecified atom stereocenters. The number of hydrogen-bond acceptors (Lipinski definition) is 3. The number of nitrogens with zero attached hydrogens (tertiary/aromatic N) is 3. The van der Waals surface area contributed by atoms with Crippen LogP contribution in [0.3, 0.4) is 0 Å². The van der Waals surface area contributed by atoms with E-state index in [1.54, 1.807) is 30.5 Å².